The Kier molecular flexibility index (Phi) is 6.89. The summed E-state index contributed by atoms with van der Waals surface area (Å²) in [6.07, 6.45) is 0. The maximum Gasteiger partial charge on any atom is 0.210 e. The third-order valence-corrected chi connectivity index (χ3v) is 5.87. The largest absolute Gasteiger partial charge is 0.495 e. The summed E-state index contributed by atoms with van der Waals surface area (Å²) in [5.41, 5.74) is 1.47. The highest BCUT2D eigenvalue weighted by molar-refractivity contribution is 8.02. The molecule has 1 heterocycles. The summed E-state index contributed by atoms with van der Waals surface area (Å²) >= 11 is 2.79. The molecule has 0 aliphatic heterocycles. The number of thioether (sulfide) groups is 1. The second kappa shape index (κ2) is 9.57. The molecule has 0 unspecified atom stereocenters. The number of carbonyl (C=O) groups excluding carboxylic acids is 1. The van der Waals surface area contributed by atoms with E-state index in [9.17, 15) is 4.79 Å². The number of nitrogens with zero attached hydrogens (tertiary/aromatic N) is 2. The smallest absolute Gasteiger partial charge is 0.210 e. The van der Waals surface area contributed by atoms with Crippen molar-refractivity contribution in [3.05, 3.63) is 54.1 Å². The third kappa shape index (κ3) is 5.02. The molecule has 1 atom stereocenters. The number of nitrogens with one attached hydrogen (secondary N) is 1. The molecule has 3 aromatic rings. The van der Waals surface area contributed by atoms with Crippen molar-refractivity contribution in [3.63, 3.8) is 0 Å². The van der Waals surface area contributed by atoms with Crippen LogP contribution in [-0.2, 0) is 0 Å². The monoisotopic (exact) mass is 415 g/mol. The molecule has 1 N–H and O–H groups in total. The zero-order valence-corrected chi connectivity index (χ0v) is 17.5. The van der Waals surface area contributed by atoms with Gasteiger partial charge in [-0.05, 0) is 50.2 Å². The highest BCUT2D eigenvalue weighted by Gasteiger charge is 2.19. The number of anilines is 2. The minimum Gasteiger partial charge on any atom is -0.495 e. The Morgan fingerprint density at radius 2 is 1.93 bits per heavy atom. The number of hydrogen-bond donors (Lipinski definition) is 1. The lowest BCUT2D eigenvalue weighted by atomic mass is 10.1. The van der Waals surface area contributed by atoms with Gasteiger partial charge in [-0.25, -0.2) is 0 Å². The third-order valence-electron chi connectivity index (χ3n) is 3.85. The molecule has 0 radical (unpaired) electrons. The van der Waals surface area contributed by atoms with E-state index >= 15 is 0 Å². The summed E-state index contributed by atoms with van der Waals surface area (Å²) in [6.45, 7) is 4.40. The van der Waals surface area contributed by atoms with E-state index in [0.717, 1.165) is 21.5 Å². The van der Waals surface area contributed by atoms with E-state index in [1.807, 2.05) is 50.2 Å². The SMILES string of the molecule is CCOc1ccc(C(=O)[C@H](C)Sc2nnc(Nc3ccccc3OC)s2)cc1. The average Bonchev–Trinajstić information content (AvgIpc) is 3.15. The number of methoxy groups -OCH3 is 1. The van der Waals surface area contributed by atoms with Gasteiger partial charge in [0.05, 0.1) is 24.7 Å². The van der Waals surface area contributed by atoms with Crippen molar-refractivity contribution in [3.8, 4) is 11.5 Å². The lowest BCUT2D eigenvalue weighted by molar-refractivity contribution is 0.0994. The summed E-state index contributed by atoms with van der Waals surface area (Å²) in [7, 11) is 1.62. The molecule has 0 aliphatic carbocycles. The van der Waals surface area contributed by atoms with E-state index in [-0.39, 0.29) is 11.0 Å². The maximum atomic E-state index is 12.7. The van der Waals surface area contributed by atoms with Gasteiger partial charge in [-0.3, -0.25) is 4.79 Å². The molecule has 1 aromatic heterocycles. The summed E-state index contributed by atoms with van der Waals surface area (Å²) in [4.78, 5) is 12.7. The van der Waals surface area contributed by atoms with Gasteiger partial charge in [0, 0.05) is 5.56 Å². The van der Waals surface area contributed by atoms with Crippen molar-refractivity contribution in [2.45, 2.75) is 23.4 Å². The first-order chi connectivity index (χ1) is 13.6. The van der Waals surface area contributed by atoms with Crippen LogP contribution in [0.15, 0.2) is 52.9 Å². The molecule has 0 saturated carbocycles. The van der Waals surface area contributed by atoms with Gasteiger partial charge < -0.3 is 14.8 Å². The van der Waals surface area contributed by atoms with Gasteiger partial charge >= 0.3 is 0 Å². The highest BCUT2D eigenvalue weighted by Crippen LogP contribution is 2.33. The van der Waals surface area contributed by atoms with Gasteiger partial charge in [0.2, 0.25) is 5.13 Å². The van der Waals surface area contributed by atoms with Crippen LogP contribution in [0.4, 0.5) is 10.8 Å². The fourth-order valence-corrected chi connectivity index (χ4v) is 4.48. The molecule has 3 rings (SSSR count). The second-order valence-corrected chi connectivity index (χ2v) is 8.35. The van der Waals surface area contributed by atoms with Crippen LogP contribution < -0.4 is 14.8 Å². The van der Waals surface area contributed by atoms with Crippen LogP contribution in [0.3, 0.4) is 0 Å². The zero-order chi connectivity index (χ0) is 19.9. The van der Waals surface area contributed by atoms with Crippen LogP contribution in [-0.4, -0.2) is 34.9 Å². The number of benzene rings is 2. The topological polar surface area (TPSA) is 73.3 Å². The number of Topliss-reactive ketones (excluding diaryl/α,β-unsaturated/α-hetero) is 1. The first-order valence-corrected chi connectivity index (χ1v) is 10.5. The molecule has 0 bridgehead atoms. The van der Waals surface area contributed by atoms with Crippen molar-refractivity contribution in [2.24, 2.45) is 0 Å². The number of ether oxygens (including phenoxy) is 2. The number of hydrogen-bond acceptors (Lipinski definition) is 8. The van der Waals surface area contributed by atoms with Crippen LogP contribution in [0.1, 0.15) is 24.2 Å². The van der Waals surface area contributed by atoms with Crippen LogP contribution >= 0.6 is 23.1 Å². The molecule has 0 spiro atoms. The van der Waals surface area contributed by atoms with Gasteiger partial charge in [0.25, 0.3) is 0 Å². The molecule has 0 fully saturated rings. The summed E-state index contributed by atoms with van der Waals surface area (Å²) in [5.74, 6) is 1.53. The molecule has 0 aliphatic rings. The first-order valence-electron chi connectivity index (χ1n) is 8.78. The minimum atomic E-state index is -0.273. The van der Waals surface area contributed by atoms with Gasteiger partial charge in [-0.15, -0.1) is 10.2 Å². The van der Waals surface area contributed by atoms with Crippen LogP contribution in [0.2, 0.25) is 0 Å². The molecule has 28 heavy (non-hydrogen) atoms. The summed E-state index contributed by atoms with van der Waals surface area (Å²) in [6, 6.07) is 14.8. The lowest BCUT2D eigenvalue weighted by Gasteiger charge is -2.09. The number of rotatable bonds is 9. The molecule has 8 heteroatoms. The molecular formula is C20H21N3O3S2. The van der Waals surface area contributed by atoms with Gasteiger partial charge in [0.15, 0.2) is 10.1 Å². The Balaban J connectivity index is 1.63. The van der Waals surface area contributed by atoms with E-state index in [2.05, 4.69) is 15.5 Å². The maximum absolute atomic E-state index is 12.7. The molecule has 0 amide bonds. The fraction of sp³-hybridized carbons (Fsp3) is 0.250. The van der Waals surface area contributed by atoms with Crippen molar-refractivity contribution >= 4 is 39.7 Å². The van der Waals surface area contributed by atoms with Gasteiger partial charge in [-0.1, -0.05) is 35.2 Å². The first kappa shape index (κ1) is 20.2. The summed E-state index contributed by atoms with van der Waals surface area (Å²) < 4.78 is 11.5. The van der Waals surface area contributed by atoms with Crippen LogP contribution in [0, 0.1) is 0 Å². The summed E-state index contributed by atoms with van der Waals surface area (Å²) in [5, 5.41) is 11.9. The number of para-hydroxylation sites is 2. The quantitative estimate of drug-likeness (QED) is 0.387. The minimum absolute atomic E-state index is 0.0440. The van der Waals surface area contributed by atoms with E-state index in [0.29, 0.717) is 17.3 Å². The second-order valence-electron chi connectivity index (χ2n) is 5.78. The Bertz CT molecular complexity index is 928. The predicted molar refractivity (Wildman–Crippen MR) is 113 cm³/mol. The highest BCUT2D eigenvalue weighted by atomic mass is 32.2. The predicted octanol–water partition coefficient (Wildman–Crippen LogP) is 5.05. The molecule has 2 aromatic carbocycles. The van der Waals surface area contributed by atoms with E-state index in [1.165, 1.54) is 23.1 Å². The van der Waals surface area contributed by atoms with E-state index < -0.39 is 0 Å². The molecule has 0 saturated heterocycles. The molecular weight excluding hydrogens is 394 g/mol. The Hall–Kier alpha value is -2.58. The number of carbonyl (C=O) groups is 1. The molecule has 146 valence electrons. The molecule has 6 nitrogen and oxygen atoms in total. The lowest BCUT2D eigenvalue weighted by Crippen LogP contribution is -2.13. The van der Waals surface area contributed by atoms with Crippen molar-refractivity contribution < 1.29 is 14.3 Å². The Morgan fingerprint density at radius 1 is 1.18 bits per heavy atom. The van der Waals surface area contributed by atoms with Crippen molar-refractivity contribution in [1.82, 2.24) is 10.2 Å². The zero-order valence-electron chi connectivity index (χ0n) is 15.8. The average molecular weight is 416 g/mol. The van der Waals surface area contributed by atoms with Crippen LogP contribution in [0.5, 0.6) is 11.5 Å². The van der Waals surface area contributed by atoms with Gasteiger partial charge in [0.1, 0.15) is 11.5 Å². The van der Waals surface area contributed by atoms with E-state index in [4.69, 9.17) is 9.47 Å². The number of ketones is 1. The fourth-order valence-electron chi connectivity index (χ4n) is 2.49. The Morgan fingerprint density at radius 3 is 2.64 bits per heavy atom. The van der Waals surface area contributed by atoms with Crippen molar-refractivity contribution in [2.75, 3.05) is 19.0 Å². The van der Waals surface area contributed by atoms with Gasteiger partial charge in [-0.2, -0.15) is 0 Å². The standard InChI is InChI=1S/C20H21N3O3S2/c1-4-26-15-11-9-14(10-12-15)18(24)13(2)27-20-23-22-19(28-20)21-16-7-5-6-8-17(16)25-3/h5-13H,4H2,1-3H3,(H,21,22)/t13-/m0/s1. The van der Waals surface area contributed by atoms with Crippen molar-refractivity contribution in [1.29, 1.82) is 0 Å². The Labute approximate surface area is 172 Å². The normalized spacial score (nSPS) is 11.7. The number of aromatic nitrogens is 2. The van der Waals surface area contributed by atoms with E-state index in [1.54, 1.807) is 19.2 Å². The van der Waals surface area contributed by atoms with Crippen LogP contribution in [0.25, 0.3) is 0 Å².